The van der Waals surface area contributed by atoms with Crippen molar-refractivity contribution in [2.24, 2.45) is 0 Å². The van der Waals surface area contributed by atoms with E-state index in [2.05, 4.69) is 17.1 Å². The molecule has 0 aliphatic carbocycles. The van der Waals surface area contributed by atoms with Gasteiger partial charge in [-0.05, 0) is 24.1 Å². The number of benzene rings is 2. The van der Waals surface area contributed by atoms with Crippen LogP contribution in [0.25, 0.3) is 11.3 Å². The molecule has 0 saturated carbocycles. The molecule has 25 heavy (non-hydrogen) atoms. The first kappa shape index (κ1) is 15.4. The second-order valence-corrected chi connectivity index (χ2v) is 6.22. The standard InChI is InChI=1S/C20H19N3O2/c1-2-12-23-19(14-8-10-15(24)11-9-14)16-17(13-6-4-3-5-7-13)21-22-18(16)20(23)25/h3-11,19,24H,2,12H2,1H3,(H,21,22)/t19-/m1/s1. The summed E-state index contributed by atoms with van der Waals surface area (Å²) in [7, 11) is 0. The Hall–Kier alpha value is -3.08. The number of nitrogens with one attached hydrogen (secondary N) is 1. The molecule has 0 saturated heterocycles. The highest BCUT2D eigenvalue weighted by Gasteiger charge is 2.41. The maximum atomic E-state index is 12.9. The van der Waals surface area contributed by atoms with Crippen molar-refractivity contribution in [3.63, 3.8) is 0 Å². The van der Waals surface area contributed by atoms with Crippen LogP contribution in [0.1, 0.15) is 41.0 Å². The fourth-order valence-corrected chi connectivity index (χ4v) is 3.49. The molecule has 4 rings (SSSR count). The molecule has 1 aliphatic heterocycles. The summed E-state index contributed by atoms with van der Waals surface area (Å²) in [4.78, 5) is 14.8. The molecular formula is C20H19N3O2. The lowest BCUT2D eigenvalue weighted by atomic mass is 9.96. The number of H-pyrrole nitrogens is 1. The predicted octanol–water partition coefficient (Wildman–Crippen LogP) is 3.74. The fourth-order valence-electron chi connectivity index (χ4n) is 3.49. The Labute approximate surface area is 145 Å². The zero-order valence-electron chi connectivity index (χ0n) is 13.9. The van der Waals surface area contributed by atoms with Gasteiger partial charge >= 0.3 is 0 Å². The number of fused-ring (bicyclic) bond motifs is 1. The highest BCUT2D eigenvalue weighted by atomic mass is 16.3. The van der Waals surface area contributed by atoms with Crippen LogP contribution < -0.4 is 0 Å². The lowest BCUT2D eigenvalue weighted by molar-refractivity contribution is 0.0744. The van der Waals surface area contributed by atoms with Gasteiger partial charge in [0.1, 0.15) is 11.4 Å². The summed E-state index contributed by atoms with van der Waals surface area (Å²) in [6, 6.07) is 16.7. The Bertz CT molecular complexity index is 900. The number of carbonyl (C=O) groups is 1. The quantitative estimate of drug-likeness (QED) is 0.764. The van der Waals surface area contributed by atoms with Crippen LogP contribution in [0, 0.1) is 0 Å². The molecule has 0 spiro atoms. The Balaban J connectivity index is 1.89. The predicted molar refractivity (Wildman–Crippen MR) is 95.3 cm³/mol. The number of phenols is 1. The smallest absolute Gasteiger partial charge is 0.273 e. The summed E-state index contributed by atoms with van der Waals surface area (Å²) in [5.41, 5.74) is 4.23. The number of rotatable bonds is 4. The molecule has 1 amide bonds. The average Bonchev–Trinajstić information content (AvgIpc) is 3.17. The van der Waals surface area contributed by atoms with Crippen molar-refractivity contribution in [1.82, 2.24) is 15.1 Å². The molecule has 3 aromatic rings. The normalized spacial score (nSPS) is 16.3. The SMILES string of the molecule is CCCN1C(=O)c2[nH]nc(-c3ccccc3)c2[C@H]1c1ccc(O)cc1. The topological polar surface area (TPSA) is 69.2 Å². The summed E-state index contributed by atoms with van der Waals surface area (Å²) < 4.78 is 0. The van der Waals surface area contributed by atoms with Gasteiger partial charge in [0.25, 0.3) is 5.91 Å². The monoisotopic (exact) mass is 333 g/mol. The van der Waals surface area contributed by atoms with Crippen molar-refractivity contribution >= 4 is 5.91 Å². The van der Waals surface area contributed by atoms with Gasteiger partial charge in [-0.15, -0.1) is 0 Å². The Kier molecular flexibility index (Phi) is 3.76. The summed E-state index contributed by atoms with van der Waals surface area (Å²) in [6.45, 7) is 2.73. The molecule has 0 bridgehead atoms. The number of aromatic nitrogens is 2. The van der Waals surface area contributed by atoms with E-state index in [0.717, 1.165) is 28.8 Å². The fraction of sp³-hybridized carbons (Fsp3) is 0.200. The van der Waals surface area contributed by atoms with E-state index in [4.69, 9.17) is 0 Å². The van der Waals surface area contributed by atoms with Crippen molar-refractivity contribution in [2.75, 3.05) is 6.54 Å². The van der Waals surface area contributed by atoms with E-state index in [1.54, 1.807) is 12.1 Å². The van der Waals surface area contributed by atoms with Crippen molar-refractivity contribution in [1.29, 1.82) is 0 Å². The zero-order valence-corrected chi connectivity index (χ0v) is 13.9. The van der Waals surface area contributed by atoms with E-state index in [0.29, 0.717) is 12.2 Å². The Morgan fingerprint density at radius 2 is 1.84 bits per heavy atom. The molecule has 0 unspecified atom stereocenters. The molecule has 5 heteroatoms. The van der Waals surface area contributed by atoms with Gasteiger partial charge < -0.3 is 10.0 Å². The number of carbonyl (C=O) groups excluding carboxylic acids is 1. The van der Waals surface area contributed by atoms with Gasteiger partial charge in [-0.3, -0.25) is 9.89 Å². The lowest BCUT2D eigenvalue weighted by Gasteiger charge is -2.26. The van der Waals surface area contributed by atoms with Crippen LogP contribution in [0.2, 0.25) is 0 Å². The van der Waals surface area contributed by atoms with E-state index in [1.165, 1.54) is 0 Å². The third kappa shape index (κ3) is 2.48. The van der Waals surface area contributed by atoms with Crippen LogP contribution >= 0.6 is 0 Å². The molecular weight excluding hydrogens is 314 g/mol. The Morgan fingerprint density at radius 1 is 1.12 bits per heavy atom. The van der Waals surface area contributed by atoms with Crippen LogP contribution in [0.5, 0.6) is 5.75 Å². The molecule has 1 aliphatic rings. The van der Waals surface area contributed by atoms with Crippen molar-refractivity contribution in [3.05, 3.63) is 71.4 Å². The van der Waals surface area contributed by atoms with Gasteiger partial charge in [0, 0.05) is 17.7 Å². The minimum absolute atomic E-state index is 0.0235. The maximum absolute atomic E-state index is 12.9. The van der Waals surface area contributed by atoms with Gasteiger partial charge in [0.15, 0.2) is 0 Å². The van der Waals surface area contributed by atoms with Gasteiger partial charge in [-0.1, -0.05) is 49.4 Å². The summed E-state index contributed by atoms with van der Waals surface area (Å²) in [5.74, 6) is 0.190. The third-order valence-corrected chi connectivity index (χ3v) is 4.58. The van der Waals surface area contributed by atoms with Gasteiger partial charge in [-0.25, -0.2) is 0 Å². The lowest BCUT2D eigenvalue weighted by Crippen LogP contribution is -2.30. The van der Waals surface area contributed by atoms with Gasteiger partial charge in [0.2, 0.25) is 0 Å². The first-order valence-electron chi connectivity index (χ1n) is 8.44. The van der Waals surface area contributed by atoms with E-state index >= 15 is 0 Å². The highest BCUT2D eigenvalue weighted by molar-refractivity contribution is 6.00. The molecule has 5 nitrogen and oxygen atoms in total. The van der Waals surface area contributed by atoms with Crippen LogP contribution in [-0.4, -0.2) is 32.7 Å². The number of hydrogen-bond acceptors (Lipinski definition) is 3. The van der Waals surface area contributed by atoms with Crippen LogP contribution in [0.15, 0.2) is 54.6 Å². The highest BCUT2D eigenvalue weighted by Crippen LogP contribution is 2.42. The summed E-state index contributed by atoms with van der Waals surface area (Å²) >= 11 is 0. The first-order valence-corrected chi connectivity index (χ1v) is 8.44. The number of aromatic hydroxyl groups is 1. The third-order valence-electron chi connectivity index (χ3n) is 4.58. The molecule has 1 aromatic heterocycles. The van der Waals surface area contributed by atoms with Crippen molar-refractivity contribution in [2.45, 2.75) is 19.4 Å². The first-order chi connectivity index (χ1) is 12.2. The average molecular weight is 333 g/mol. The van der Waals surface area contributed by atoms with Crippen molar-refractivity contribution < 1.29 is 9.90 Å². The number of amides is 1. The molecule has 126 valence electrons. The molecule has 2 N–H and O–H groups in total. The minimum Gasteiger partial charge on any atom is -0.508 e. The number of aromatic amines is 1. The minimum atomic E-state index is -0.197. The van der Waals surface area contributed by atoms with E-state index < -0.39 is 0 Å². The van der Waals surface area contributed by atoms with Crippen LogP contribution in [0.4, 0.5) is 0 Å². The largest absolute Gasteiger partial charge is 0.508 e. The molecule has 2 heterocycles. The Morgan fingerprint density at radius 3 is 2.52 bits per heavy atom. The summed E-state index contributed by atoms with van der Waals surface area (Å²) in [5, 5.41) is 17.0. The molecule has 1 atom stereocenters. The van der Waals surface area contributed by atoms with Gasteiger partial charge in [-0.2, -0.15) is 5.10 Å². The van der Waals surface area contributed by atoms with E-state index in [-0.39, 0.29) is 17.7 Å². The molecule has 2 aromatic carbocycles. The maximum Gasteiger partial charge on any atom is 0.273 e. The molecule has 0 fully saturated rings. The van der Waals surface area contributed by atoms with Crippen LogP contribution in [-0.2, 0) is 0 Å². The number of nitrogens with zero attached hydrogens (tertiary/aromatic N) is 2. The summed E-state index contributed by atoms with van der Waals surface area (Å²) in [6.07, 6.45) is 0.874. The van der Waals surface area contributed by atoms with Crippen LogP contribution in [0.3, 0.4) is 0 Å². The van der Waals surface area contributed by atoms with Gasteiger partial charge in [0.05, 0.1) is 11.7 Å². The zero-order chi connectivity index (χ0) is 17.4. The molecule has 0 radical (unpaired) electrons. The second-order valence-electron chi connectivity index (χ2n) is 6.22. The second kappa shape index (κ2) is 6.09. The van der Waals surface area contributed by atoms with E-state index in [9.17, 15) is 9.90 Å². The van der Waals surface area contributed by atoms with E-state index in [1.807, 2.05) is 47.4 Å². The van der Waals surface area contributed by atoms with Crippen molar-refractivity contribution in [3.8, 4) is 17.0 Å². The number of hydrogen-bond donors (Lipinski definition) is 2. The number of phenolic OH excluding ortho intramolecular Hbond substituents is 1.